The molecule has 0 unspecified atom stereocenters. The van der Waals surface area contributed by atoms with Crippen LogP contribution in [-0.4, -0.2) is 54.2 Å². The van der Waals surface area contributed by atoms with Crippen molar-refractivity contribution in [3.8, 4) is 34.1 Å². The molecule has 0 spiro atoms. The molecule has 11 heteroatoms. The van der Waals surface area contributed by atoms with Crippen molar-refractivity contribution in [1.82, 2.24) is 19.5 Å². The van der Waals surface area contributed by atoms with Gasteiger partial charge in [0.2, 0.25) is 5.88 Å². The number of imidazole rings is 2. The van der Waals surface area contributed by atoms with Crippen molar-refractivity contribution < 1.29 is 24.4 Å². The zero-order valence-electron chi connectivity index (χ0n) is 22.0. The summed E-state index contributed by atoms with van der Waals surface area (Å²) in [5.74, 6) is -0.239. The molecule has 0 radical (unpaired) electrons. The van der Waals surface area contributed by atoms with Crippen LogP contribution in [0.4, 0.5) is 4.39 Å². The molecular weight excluding hydrogens is 642 g/mol. The van der Waals surface area contributed by atoms with Crippen molar-refractivity contribution in [3.05, 3.63) is 110 Å². The first kappa shape index (κ1) is 28.6. The van der Waals surface area contributed by atoms with Crippen LogP contribution in [0, 0.1) is 9.39 Å². The summed E-state index contributed by atoms with van der Waals surface area (Å²) in [6, 6.07) is 20.2. The van der Waals surface area contributed by atoms with Gasteiger partial charge in [0.1, 0.15) is 35.2 Å². The maximum absolute atomic E-state index is 14.8. The molecule has 0 aliphatic heterocycles. The van der Waals surface area contributed by atoms with Crippen molar-refractivity contribution in [1.29, 1.82) is 0 Å². The van der Waals surface area contributed by atoms with Crippen molar-refractivity contribution in [2.75, 3.05) is 13.2 Å². The van der Waals surface area contributed by atoms with E-state index in [2.05, 4.69) is 15.0 Å². The molecule has 5 rings (SSSR count). The molecule has 2 atom stereocenters. The Bertz CT molecular complexity index is 1680. The fourth-order valence-corrected chi connectivity index (χ4v) is 5.23. The smallest absolute Gasteiger partial charge is 0.329 e. The topological polar surface area (TPSA) is 136 Å². The Morgan fingerprint density at radius 3 is 2.39 bits per heavy atom. The fraction of sp³-hybridized carbons (Fsp3) is 0.200. The van der Waals surface area contributed by atoms with Crippen molar-refractivity contribution >= 4 is 22.6 Å². The summed E-state index contributed by atoms with van der Waals surface area (Å²) in [5, 5.41) is 29.9. The molecule has 0 saturated carbocycles. The van der Waals surface area contributed by atoms with Gasteiger partial charge in [0.25, 0.3) is 0 Å². The Morgan fingerprint density at radius 2 is 1.73 bits per heavy atom. The van der Waals surface area contributed by atoms with Crippen LogP contribution in [0.25, 0.3) is 22.5 Å². The summed E-state index contributed by atoms with van der Waals surface area (Å²) in [5.41, 5.74) is 1.86. The third-order valence-electron chi connectivity index (χ3n) is 6.93. The number of aliphatic hydroxyl groups is 2. The van der Waals surface area contributed by atoms with Gasteiger partial charge in [0, 0.05) is 20.6 Å². The molecular formula is C30H28FIN4O5. The SMILES string of the molecule is C[C@@H](c1ccccc1)[C@@H](c1ncc(-c2ccc(I)cc2F)[nH]1)n1c(O)c(-c2ccc(OC(CO)CO)cc2)[nH]c1=O. The number of aromatic hydroxyl groups is 1. The Hall–Kier alpha value is -3.94. The number of aromatic nitrogens is 4. The minimum absolute atomic E-state index is 0.197. The monoisotopic (exact) mass is 670 g/mol. The van der Waals surface area contributed by atoms with Gasteiger partial charge in [-0.05, 0) is 70.6 Å². The molecule has 0 aliphatic rings. The van der Waals surface area contributed by atoms with E-state index in [1.807, 2.05) is 59.8 Å². The number of ether oxygens (including phenoxy) is 1. The third-order valence-corrected chi connectivity index (χ3v) is 7.60. The van der Waals surface area contributed by atoms with Crippen LogP contribution < -0.4 is 10.4 Å². The lowest BCUT2D eigenvalue weighted by Crippen LogP contribution is -2.27. The van der Waals surface area contributed by atoms with Gasteiger partial charge >= 0.3 is 5.69 Å². The lowest BCUT2D eigenvalue weighted by Gasteiger charge is -2.24. The van der Waals surface area contributed by atoms with Crippen molar-refractivity contribution in [2.24, 2.45) is 0 Å². The number of hydrogen-bond acceptors (Lipinski definition) is 6. The summed E-state index contributed by atoms with van der Waals surface area (Å²) in [6.07, 6.45) is 0.757. The molecule has 3 aromatic carbocycles. The van der Waals surface area contributed by atoms with E-state index in [4.69, 9.17) is 4.74 Å². The van der Waals surface area contributed by atoms with Gasteiger partial charge in [-0.1, -0.05) is 37.3 Å². The summed E-state index contributed by atoms with van der Waals surface area (Å²) in [6.45, 7) is 1.24. The van der Waals surface area contributed by atoms with Gasteiger partial charge in [-0.25, -0.2) is 14.2 Å². The lowest BCUT2D eigenvalue weighted by atomic mass is 9.92. The zero-order valence-corrected chi connectivity index (χ0v) is 24.1. The van der Waals surface area contributed by atoms with E-state index in [0.717, 1.165) is 9.13 Å². The average molecular weight is 670 g/mol. The predicted octanol–water partition coefficient (Wildman–Crippen LogP) is 4.81. The van der Waals surface area contributed by atoms with E-state index in [0.29, 0.717) is 28.4 Å². The number of benzene rings is 3. The molecule has 0 fully saturated rings. The molecule has 41 heavy (non-hydrogen) atoms. The molecule has 0 amide bonds. The van der Waals surface area contributed by atoms with E-state index < -0.39 is 23.7 Å². The standard InChI is InChI=1S/C30H28FIN4O5/c1-17(18-5-3-2-4-6-18)27(28-33-14-25(34-28)23-12-9-20(32)13-24(23)31)36-29(39)26(35-30(36)40)19-7-10-21(11-8-19)41-22(15-37)16-38/h2-14,17,22,27,37-39H,15-16H2,1H3,(H,33,34)(H,35,40)/t17-,27-/m0/s1. The minimum atomic E-state index is -0.770. The molecule has 9 nitrogen and oxygen atoms in total. The number of H-pyrrole nitrogens is 2. The van der Waals surface area contributed by atoms with Gasteiger partial charge in [-0.15, -0.1) is 0 Å². The highest BCUT2D eigenvalue weighted by molar-refractivity contribution is 14.1. The van der Waals surface area contributed by atoms with Crippen LogP contribution in [0.15, 0.2) is 83.8 Å². The second-order valence-electron chi connectivity index (χ2n) is 9.58. The van der Waals surface area contributed by atoms with Crippen LogP contribution in [0.3, 0.4) is 0 Å². The van der Waals surface area contributed by atoms with Crippen LogP contribution >= 0.6 is 22.6 Å². The molecule has 5 aromatic rings. The van der Waals surface area contributed by atoms with E-state index in [1.165, 1.54) is 16.8 Å². The molecule has 0 bridgehead atoms. The normalized spacial score (nSPS) is 12.9. The lowest BCUT2D eigenvalue weighted by molar-refractivity contribution is 0.0629. The van der Waals surface area contributed by atoms with Gasteiger partial charge in [0.15, 0.2) is 0 Å². The minimum Gasteiger partial charge on any atom is -0.493 e. The fourth-order valence-electron chi connectivity index (χ4n) is 4.78. The van der Waals surface area contributed by atoms with Crippen molar-refractivity contribution in [3.63, 3.8) is 0 Å². The molecule has 0 saturated heterocycles. The van der Waals surface area contributed by atoms with Crippen LogP contribution in [-0.2, 0) is 0 Å². The molecule has 212 valence electrons. The van der Waals surface area contributed by atoms with Gasteiger partial charge < -0.3 is 30.0 Å². The Balaban J connectivity index is 1.57. The maximum atomic E-state index is 14.8. The third kappa shape index (κ3) is 5.92. The molecule has 2 aromatic heterocycles. The van der Waals surface area contributed by atoms with Gasteiger partial charge in [-0.2, -0.15) is 0 Å². The van der Waals surface area contributed by atoms with Crippen LogP contribution in [0.1, 0.15) is 30.3 Å². The van der Waals surface area contributed by atoms with Crippen molar-refractivity contribution in [2.45, 2.75) is 25.0 Å². The predicted molar refractivity (Wildman–Crippen MR) is 160 cm³/mol. The Kier molecular flexibility index (Phi) is 8.57. The van der Waals surface area contributed by atoms with Gasteiger partial charge in [0.05, 0.1) is 25.1 Å². The first-order valence-corrected chi connectivity index (χ1v) is 14.0. The highest BCUT2D eigenvalue weighted by Crippen LogP contribution is 2.38. The highest BCUT2D eigenvalue weighted by Gasteiger charge is 2.31. The van der Waals surface area contributed by atoms with Crippen LogP contribution in [0.5, 0.6) is 11.6 Å². The average Bonchev–Trinajstić information content (AvgIpc) is 3.57. The number of hydrogen-bond donors (Lipinski definition) is 5. The zero-order chi connectivity index (χ0) is 29.1. The van der Waals surface area contributed by atoms with Crippen LogP contribution in [0.2, 0.25) is 0 Å². The number of nitrogens with zero attached hydrogens (tertiary/aromatic N) is 2. The summed E-state index contributed by atoms with van der Waals surface area (Å²) in [7, 11) is 0. The summed E-state index contributed by atoms with van der Waals surface area (Å²) < 4.78 is 22.3. The van der Waals surface area contributed by atoms with E-state index in [1.54, 1.807) is 36.4 Å². The maximum Gasteiger partial charge on any atom is 0.329 e. The van der Waals surface area contributed by atoms with E-state index in [9.17, 15) is 24.5 Å². The molecule has 5 N–H and O–H groups in total. The Labute approximate surface area is 248 Å². The molecule has 0 aliphatic carbocycles. The second kappa shape index (κ2) is 12.3. The quantitative estimate of drug-likeness (QED) is 0.136. The number of aromatic amines is 2. The first-order chi connectivity index (χ1) is 19.8. The first-order valence-electron chi connectivity index (χ1n) is 12.9. The number of halogens is 2. The number of rotatable bonds is 10. The summed E-state index contributed by atoms with van der Waals surface area (Å²) >= 11 is 2.04. The summed E-state index contributed by atoms with van der Waals surface area (Å²) in [4.78, 5) is 23.9. The highest BCUT2D eigenvalue weighted by atomic mass is 127. The number of nitrogens with one attached hydrogen (secondary N) is 2. The van der Waals surface area contributed by atoms with E-state index >= 15 is 0 Å². The van der Waals surface area contributed by atoms with E-state index in [-0.39, 0.29) is 30.7 Å². The molecule has 2 heterocycles. The Morgan fingerprint density at radius 1 is 1.02 bits per heavy atom. The second-order valence-corrected chi connectivity index (χ2v) is 10.8. The largest absolute Gasteiger partial charge is 0.493 e. The van der Waals surface area contributed by atoms with Gasteiger partial charge in [-0.3, -0.25) is 4.57 Å². The number of aliphatic hydroxyl groups excluding tert-OH is 2.